The molecule has 0 amide bonds. The third-order valence-electron chi connectivity index (χ3n) is 4.30. The molecular weight excluding hydrogens is 344 g/mol. The van der Waals surface area contributed by atoms with Crippen LogP contribution in [0.25, 0.3) is 0 Å². The number of rotatable bonds is 5. The number of aromatic nitrogens is 2. The van der Waals surface area contributed by atoms with Gasteiger partial charge in [-0.1, -0.05) is 23.8 Å². The van der Waals surface area contributed by atoms with Gasteiger partial charge < -0.3 is 10.1 Å². The second kappa shape index (κ2) is 7.41. The molecule has 0 unspecified atom stereocenters. The van der Waals surface area contributed by atoms with E-state index in [1.165, 1.54) is 6.33 Å². The Morgan fingerprint density at radius 1 is 0.963 bits per heavy atom. The third kappa shape index (κ3) is 4.03. The van der Waals surface area contributed by atoms with E-state index in [9.17, 15) is 10.1 Å². The number of hydrogen-bond donors (Lipinski definition) is 1. The van der Waals surface area contributed by atoms with Crippen LogP contribution >= 0.6 is 0 Å². The van der Waals surface area contributed by atoms with E-state index in [4.69, 9.17) is 4.74 Å². The minimum absolute atomic E-state index is 0.0841. The van der Waals surface area contributed by atoms with E-state index in [2.05, 4.69) is 15.3 Å². The first-order chi connectivity index (χ1) is 12.8. The summed E-state index contributed by atoms with van der Waals surface area (Å²) in [4.78, 5) is 19.2. The Kier molecular flexibility index (Phi) is 5.03. The highest BCUT2D eigenvalue weighted by molar-refractivity contribution is 5.70. The van der Waals surface area contributed by atoms with Crippen LogP contribution in [0.4, 0.5) is 17.2 Å². The molecule has 138 valence electrons. The number of nitrogens with zero attached hydrogens (tertiary/aromatic N) is 3. The topological polar surface area (TPSA) is 90.2 Å². The van der Waals surface area contributed by atoms with Crippen LogP contribution in [0.15, 0.2) is 42.7 Å². The predicted octanol–water partition coefficient (Wildman–Crippen LogP) is 5.15. The number of ether oxygens (including phenoxy) is 1. The van der Waals surface area contributed by atoms with E-state index in [-0.39, 0.29) is 17.4 Å². The molecule has 27 heavy (non-hydrogen) atoms. The summed E-state index contributed by atoms with van der Waals surface area (Å²) in [5.41, 5.74) is 4.62. The number of nitrogens with one attached hydrogen (secondary N) is 1. The quantitative estimate of drug-likeness (QED) is 0.497. The molecule has 0 fully saturated rings. The number of nitro groups is 1. The molecule has 0 aliphatic rings. The van der Waals surface area contributed by atoms with Crippen molar-refractivity contribution in [2.45, 2.75) is 27.7 Å². The SMILES string of the molecule is Cc1ccc(Nc2ncnc(Oc3ccc(C)c(C)c3)c2[N+](=O)[O-])c(C)c1. The lowest BCUT2D eigenvalue weighted by Crippen LogP contribution is -2.04. The Labute approximate surface area is 157 Å². The standard InChI is InChI=1S/C20H20N4O3/c1-12-5-8-17(15(4)9-12)23-19-18(24(25)26)20(22-11-21-19)27-16-7-6-13(2)14(3)10-16/h5-11H,1-4H3,(H,21,22,23). The molecule has 3 rings (SSSR count). The van der Waals surface area contributed by atoms with Crippen molar-refractivity contribution < 1.29 is 9.66 Å². The van der Waals surface area contributed by atoms with E-state index < -0.39 is 4.92 Å². The van der Waals surface area contributed by atoms with Gasteiger partial charge in [0.2, 0.25) is 5.82 Å². The summed E-state index contributed by atoms with van der Waals surface area (Å²) in [6.45, 7) is 7.84. The molecule has 0 atom stereocenters. The lowest BCUT2D eigenvalue weighted by atomic mass is 10.1. The summed E-state index contributed by atoms with van der Waals surface area (Å²) in [5.74, 6) is 0.462. The van der Waals surface area contributed by atoms with Gasteiger partial charge in [-0.05, 0) is 62.6 Å². The Hall–Kier alpha value is -3.48. The van der Waals surface area contributed by atoms with E-state index in [0.29, 0.717) is 5.75 Å². The largest absolute Gasteiger partial charge is 0.434 e. The minimum atomic E-state index is -0.539. The molecular formula is C20H20N4O3. The van der Waals surface area contributed by atoms with E-state index in [1.54, 1.807) is 6.07 Å². The van der Waals surface area contributed by atoms with Crippen LogP contribution in [0.5, 0.6) is 11.6 Å². The first-order valence-electron chi connectivity index (χ1n) is 8.44. The maximum absolute atomic E-state index is 11.7. The lowest BCUT2D eigenvalue weighted by Gasteiger charge is -2.12. The lowest BCUT2D eigenvalue weighted by molar-refractivity contribution is -0.385. The monoisotopic (exact) mass is 364 g/mol. The highest BCUT2D eigenvalue weighted by Crippen LogP contribution is 2.36. The van der Waals surface area contributed by atoms with Crippen LogP contribution in [0.2, 0.25) is 0 Å². The van der Waals surface area contributed by atoms with Crippen LogP contribution < -0.4 is 10.1 Å². The first-order valence-corrected chi connectivity index (χ1v) is 8.44. The van der Waals surface area contributed by atoms with Gasteiger partial charge in [-0.3, -0.25) is 10.1 Å². The zero-order chi connectivity index (χ0) is 19.6. The summed E-state index contributed by atoms with van der Waals surface area (Å²) in [6, 6.07) is 11.2. The zero-order valence-corrected chi connectivity index (χ0v) is 15.6. The van der Waals surface area contributed by atoms with Gasteiger partial charge in [0.05, 0.1) is 4.92 Å². The molecule has 0 aliphatic heterocycles. The summed E-state index contributed by atoms with van der Waals surface area (Å²) in [5, 5.41) is 14.7. The van der Waals surface area contributed by atoms with Gasteiger partial charge in [-0.15, -0.1) is 0 Å². The number of anilines is 2. The number of aryl methyl sites for hydroxylation is 4. The minimum Gasteiger partial charge on any atom is -0.434 e. The van der Waals surface area contributed by atoms with Crippen LogP contribution in [0, 0.1) is 37.8 Å². The summed E-state index contributed by atoms with van der Waals surface area (Å²) >= 11 is 0. The van der Waals surface area contributed by atoms with Crippen molar-refractivity contribution in [2.24, 2.45) is 0 Å². The van der Waals surface area contributed by atoms with Gasteiger partial charge >= 0.3 is 11.6 Å². The van der Waals surface area contributed by atoms with E-state index >= 15 is 0 Å². The fourth-order valence-corrected chi connectivity index (χ4v) is 2.66. The normalized spacial score (nSPS) is 10.5. The van der Waals surface area contributed by atoms with Crippen molar-refractivity contribution in [3.05, 3.63) is 75.1 Å². The van der Waals surface area contributed by atoms with Crippen LogP contribution in [-0.4, -0.2) is 14.9 Å². The molecule has 1 aromatic heterocycles. The van der Waals surface area contributed by atoms with Gasteiger partial charge in [0, 0.05) is 5.69 Å². The van der Waals surface area contributed by atoms with Crippen molar-refractivity contribution in [2.75, 3.05) is 5.32 Å². The predicted molar refractivity (Wildman–Crippen MR) is 104 cm³/mol. The maximum Gasteiger partial charge on any atom is 0.373 e. The summed E-state index contributed by atoms with van der Waals surface area (Å²) in [6.07, 6.45) is 1.25. The molecule has 0 saturated heterocycles. The van der Waals surface area contributed by atoms with Gasteiger partial charge in [0.15, 0.2) is 0 Å². The molecule has 2 aromatic carbocycles. The highest BCUT2D eigenvalue weighted by atomic mass is 16.6. The van der Waals surface area contributed by atoms with Crippen LogP contribution in [-0.2, 0) is 0 Å². The molecule has 0 aliphatic carbocycles. The number of benzene rings is 2. The molecule has 0 saturated carbocycles. The average Bonchev–Trinajstić information content (AvgIpc) is 2.60. The van der Waals surface area contributed by atoms with Crippen molar-refractivity contribution in [1.82, 2.24) is 9.97 Å². The Bertz CT molecular complexity index is 1020. The Morgan fingerprint density at radius 2 is 1.74 bits per heavy atom. The van der Waals surface area contributed by atoms with Crippen molar-refractivity contribution in [3.8, 4) is 11.6 Å². The Morgan fingerprint density at radius 3 is 2.41 bits per heavy atom. The van der Waals surface area contributed by atoms with E-state index in [0.717, 1.165) is 27.9 Å². The van der Waals surface area contributed by atoms with Crippen molar-refractivity contribution in [1.29, 1.82) is 0 Å². The molecule has 0 radical (unpaired) electrons. The van der Waals surface area contributed by atoms with Crippen LogP contribution in [0.1, 0.15) is 22.3 Å². The molecule has 1 heterocycles. The fraction of sp³-hybridized carbons (Fsp3) is 0.200. The molecule has 0 bridgehead atoms. The fourth-order valence-electron chi connectivity index (χ4n) is 2.66. The summed E-state index contributed by atoms with van der Waals surface area (Å²) < 4.78 is 5.70. The van der Waals surface area contributed by atoms with Gasteiger partial charge in [-0.2, -0.15) is 4.98 Å². The van der Waals surface area contributed by atoms with Crippen molar-refractivity contribution >= 4 is 17.2 Å². The van der Waals surface area contributed by atoms with Gasteiger partial charge in [-0.25, -0.2) is 4.98 Å². The molecule has 3 aromatic rings. The summed E-state index contributed by atoms with van der Waals surface area (Å²) in [7, 11) is 0. The Balaban J connectivity index is 1.99. The molecule has 7 heteroatoms. The highest BCUT2D eigenvalue weighted by Gasteiger charge is 2.25. The van der Waals surface area contributed by atoms with E-state index in [1.807, 2.05) is 58.0 Å². The number of hydrogen-bond acceptors (Lipinski definition) is 6. The smallest absolute Gasteiger partial charge is 0.373 e. The van der Waals surface area contributed by atoms with Crippen molar-refractivity contribution in [3.63, 3.8) is 0 Å². The third-order valence-corrected chi connectivity index (χ3v) is 4.30. The first kappa shape index (κ1) is 18.3. The second-order valence-electron chi connectivity index (χ2n) is 6.42. The zero-order valence-electron chi connectivity index (χ0n) is 15.6. The average molecular weight is 364 g/mol. The molecule has 7 nitrogen and oxygen atoms in total. The second-order valence-corrected chi connectivity index (χ2v) is 6.42. The maximum atomic E-state index is 11.7. The van der Waals surface area contributed by atoms with Gasteiger partial charge in [0.1, 0.15) is 12.1 Å². The van der Waals surface area contributed by atoms with Gasteiger partial charge in [0.25, 0.3) is 0 Å². The molecule has 1 N–H and O–H groups in total. The van der Waals surface area contributed by atoms with Crippen LogP contribution in [0.3, 0.4) is 0 Å². The molecule has 0 spiro atoms.